The molecule has 160 valence electrons. The van der Waals surface area contributed by atoms with E-state index in [1.54, 1.807) is 18.2 Å². The van der Waals surface area contributed by atoms with Gasteiger partial charge >= 0.3 is 0 Å². The molecule has 1 N–H and O–H groups in total. The highest BCUT2D eigenvalue weighted by Crippen LogP contribution is 2.70. The van der Waals surface area contributed by atoms with Crippen LogP contribution in [0.25, 0.3) is 0 Å². The number of para-hydroxylation sites is 1. The van der Waals surface area contributed by atoms with Crippen LogP contribution in [0.15, 0.2) is 78.9 Å². The predicted octanol–water partition coefficient (Wildman–Crippen LogP) is 3.04. The largest absolute Gasteiger partial charge is 0.385 e. The topological polar surface area (TPSA) is 73.4 Å². The van der Waals surface area contributed by atoms with Gasteiger partial charge in [-0.1, -0.05) is 72.8 Å². The van der Waals surface area contributed by atoms with Crippen molar-refractivity contribution < 1.29 is 19.4 Å². The second kappa shape index (κ2) is 6.51. The number of piperazine rings is 1. The third-order valence-corrected chi connectivity index (χ3v) is 6.86. The summed E-state index contributed by atoms with van der Waals surface area (Å²) in [5.41, 5.74) is 0.697. The number of rotatable bonds is 3. The van der Waals surface area contributed by atoms with E-state index in [9.17, 15) is 14.7 Å². The molecule has 0 unspecified atom stereocenters. The van der Waals surface area contributed by atoms with Crippen molar-refractivity contribution in [2.45, 2.75) is 30.9 Å². The molecule has 0 aromatic heterocycles. The van der Waals surface area contributed by atoms with Gasteiger partial charge in [0.25, 0.3) is 11.6 Å². The van der Waals surface area contributed by atoms with Crippen LogP contribution < -0.4 is 4.90 Å². The van der Waals surface area contributed by atoms with Gasteiger partial charge in [-0.05, 0) is 29.7 Å². The average Bonchev–Trinajstić information content (AvgIpc) is 3.50. The molecule has 2 amide bonds. The fraction of sp³-hybridized carbons (Fsp3) is 0.231. The number of hydrogen-bond donors (Lipinski definition) is 1. The van der Waals surface area contributed by atoms with Crippen LogP contribution in [0.3, 0.4) is 0 Å². The van der Waals surface area contributed by atoms with Crippen LogP contribution >= 0.6 is 0 Å². The highest BCUT2D eigenvalue weighted by molar-refractivity contribution is 6.12. The third-order valence-electron chi connectivity index (χ3n) is 6.86. The smallest absolute Gasteiger partial charge is 0.281 e. The van der Waals surface area contributed by atoms with E-state index in [-0.39, 0.29) is 18.4 Å². The number of carbonyl (C=O) groups is 2. The van der Waals surface area contributed by atoms with Crippen LogP contribution in [0.2, 0.25) is 0 Å². The molecule has 3 aromatic rings. The molecule has 2 saturated heterocycles. The molecule has 0 saturated carbocycles. The van der Waals surface area contributed by atoms with Crippen molar-refractivity contribution in [1.82, 2.24) is 4.90 Å². The van der Waals surface area contributed by atoms with Gasteiger partial charge in [0.15, 0.2) is 5.60 Å². The lowest BCUT2D eigenvalue weighted by molar-refractivity contribution is -0.147. The number of fused-ring (bicyclic) bond motifs is 2. The van der Waals surface area contributed by atoms with Crippen LogP contribution in [0, 0.1) is 6.92 Å². The molecule has 3 atom stereocenters. The van der Waals surface area contributed by atoms with Gasteiger partial charge in [-0.2, -0.15) is 0 Å². The van der Waals surface area contributed by atoms with Crippen LogP contribution in [0.5, 0.6) is 0 Å². The van der Waals surface area contributed by atoms with E-state index in [0.29, 0.717) is 17.8 Å². The molecule has 3 heterocycles. The first-order chi connectivity index (χ1) is 15.5. The molecule has 32 heavy (non-hydrogen) atoms. The monoisotopic (exact) mass is 426 g/mol. The van der Waals surface area contributed by atoms with E-state index in [1.165, 1.54) is 9.80 Å². The first-order valence-electron chi connectivity index (χ1n) is 10.7. The minimum Gasteiger partial charge on any atom is -0.385 e. The van der Waals surface area contributed by atoms with Gasteiger partial charge in [0, 0.05) is 12.1 Å². The fourth-order valence-electron chi connectivity index (χ4n) is 5.41. The summed E-state index contributed by atoms with van der Waals surface area (Å²) in [6.07, 6.45) is -1.09. The number of aliphatic hydroxyl groups is 1. The Hall–Kier alpha value is -3.48. The van der Waals surface area contributed by atoms with Gasteiger partial charge in [0.05, 0.1) is 5.69 Å². The SMILES string of the molecule is Cc1ccccc1[C@@]12O[C@@]13C(=O)N(Cc1ccccc1)CC(=O)N3c1ccccc1[C@H]2O. The van der Waals surface area contributed by atoms with Crippen molar-refractivity contribution in [2.24, 2.45) is 0 Å². The lowest BCUT2D eigenvalue weighted by atomic mass is 9.75. The van der Waals surface area contributed by atoms with Crippen molar-refractivity contribution in [3.05, 3.63) is 101 Å². The standard InChI is InChI=1S/C26H22N2O4/c1-17-9-5-7-13-20(17)25-23(30)19-12-6-8-14-21(19)28-22(29)16-27(24(31)26(25,28)32-25)15-18-10-3-2-4-11-18/h2-14,23,30H,15-16H2,1H3/t23-,25+,26+/m1/s1. The Bertz CT molecular complexity index is 1260. The maximum Gasteiger partial charge on any atom is 0.281 e. The summed E-state index contributed by atoms with van der Waals surface area (Å²) in [6, 6.07) is 24.3. The molecule has 3 aliphatic heterocycles. The Labute approximate surface area is 185 Å². The molecular weight excluding hydrogens is 404 g/mol. The Morgan fingerprint density at radius 2 is 1.66 bits per heavy atom. The Kier molecular flexibility index (Phi) is 3.91. The molecule has 3 aromatic carbocycles. The minimum atomic E-state index is -1.60. The zero-order valence-corrected chi connectivity index (χ0v) is 17.6. The number of hydrogen-bond acceptors (Lipinski definition) is 4. The second-order valence-electron chi connectivity index (χ2n) is 8.63. The van der Waals surface area contributed by atoms with Crippen LogP contribution in [0.1, 0.15) is 28.4 Å². The van der Waals surface area contributed by atoms with Crippen molar-refractivity contribution in [3.8, 4) is 0 Å². The maximum atomic E-state index is 14.0. The average molecular weight is 426 g/mol. The lowest BCUT2D eigenvalue weighted by Gasteiger charge is -2.45. The number of aliphatic hydroxyl groups excluding tert-OH is 1. The van der Waals surface area contributed by atoms with Crippen LogP contribution in [-0.2, 0) is 26.5 Å². The van der Waals surface area contributed by atoms with Crippen LogP contribution in [0.4, 0.5) is 5.69 Å². The number of nitrogens with zero attached hydrogens (tertiary/aromatic N) is 2. The molecule has 0 aliphatic carbocycles. The van der Waals surface area contributed by atoms with E-state index < -0.39 is 17.4 Å². The predicted molar refractivity (Wildman–Crippen MR) is 117 cm³/mol. The first-order valence-corrected chi connectivity index (χ1v) is 10.7. The van der Waals surface area contributed by atoms with Crippen molar-refractivity contribution in [3.63, 3.8) is 0 Å². The molecule has 0 bridgehead atoms. The second-order valence-corrected chi connectivity index (χ2v) is 8.63. The zero-order valence-electron chi connectivity index (χ0n) is 17.6. The number of anilines is 1. The Morgan fingerprint density at radius 1 is 0.969 bits per heavy atom. The van der Waals surface area contributed by atoms with E-state index in [0.717, 1.165) is 16.7 Å². The molecule has 2 fully saturated rings. The Balaban J connectivity index is 1.54. The molecule has 6 rings (SSSR count). The lowest BCUT2D eigenvalue weighted by Crippen LogP contribution is -2.66. The normalized spacial score (nSPS) is 28.1. The van der Waals surface area contributed by atoms with Gasteiger partial charge in [-0.25, -0.2) is 0 Å². The summed E-state index contributed by atoms with van der Waals surface area (Å²) in [4.78, 5) is 30.5. The molecule has 6 heteroatoms. The number of benzene rings is 3. The van der Waals surface area contributed by atoms with Crippen molar-refractivity contribution in [2.75, 3.05) is 11.4 Å². The van der Waals surface area contributed by atoms with E-state index >= 15 is 0 Å². The van der Waals surface area contributed by atoms with E-state index in [4.69, 9.17) is 4.74 Å². The summed E-state index contributed by atoms with van der Waals surface area (Å²) >= 11 is 0. The molecule has 6 nitrogen and oxygen atoms in total. The molecular formula is C26H22N2O4. The summed E-state index contributed by atoms with van der Waals surface area (Å²) in [5.74, 6) is -0.534. The maximum absolute atomic E-state index is 14.0. The summed E-state index contributed by atoms with van der Waals surface area (Å²) in [5, 5.41) is 11.6. The fourth-order valence-corrected chi connectivity index (χ4v) is 5.41. The van der Waals surface area contributed by atoms with E-state index in [2.05, 4.69) is 0 Å². The van der Waals surface area contributed by atoms with Crippen molar-refractivity contribution >= 4 is 17.5 Å². The quantitative estimate of drug-likeness (QED) is 0.654. The Morgan fingerprint density at radius 3 is 2.44 bits per heavy atom. The minimum absolute atomic E-state index is 0.0485. The number of carbonyl (C=O) groups excluding carboxylic acids is 2. The summed E-state index contributed by atoms with van der Waals surface area (Å²) in [6.45, 7) is 2.17. The van der Waals surface area contributed by atoms with Gasteiger partial charge in [0.2, 0.25) is 5.91 Å². The van der Waals surface area contributed by atoms with E-state index in [1.807, 2.05) is 67.6 Å². The highest BCUT2D eigenvalue weighted by atomic mass is 16.7. The molecule has 0 radical (unpaired) electrons. The van der Waals surface area contributed by atoms with Gasteiger partial charge < -0.3 is 14.7 Å². The number of aryl methyl sites for hydroxylation is 1. The van der Waals surface area contributed by atoms with Gasteiger partial charge in [-0.15, -0.1) is 0 Å². The highest BCUT2D eigenvalue weighted by Gasteiger charge is 2.86. The van der Waals surface area contributed by atoms with Gasteiger partial charge in [-0.3, -0.25) is 14.5 Å². The molecule has 3 aliphatic rings. The van der Waals surface area contributed by atoms with Gasteiger partial charge in [0.1, 0.15) is 12.6 Å². The summed E-state index contributed by atoms with van der Waals surface area (Å²) < 4.78 is 6.33. The van der Waals surface area contributed by atoms with Crippen LogP contribution in [-0.4, -0.2) is 34.1 Å². The number of ether oxygens (including phenoxy) is 1. The van der Waals surface area contributed by atoms with Crippen molar-refractivity contribution in [1.29, 1.82) is 0 Å². The third kappa shape index (κ3) is 2.25. The zero-order chi connectivity index (χ0) is 22.1. The number of amides is 2. The first kappa shape index (κ1) is 19.2. The summed E-state index contributed by atoms with van der Waals surface area (Å²) in [7, 11) is 0. The number of epoxide rings is 1. The molecule has 1 spiro atoms.